The van der Waals surface area contributed by atoms with Crippen LogP contribution in [-0.4, -0.2) is 27.9 Å². The molecule has 0 amide bonds. The molecule has 1 aromatic rings. The molecule has 2 rings (SSSR count). The van der Waals surface area contributed by atoms with Gasteiger partial charge in [0.2, 0.25) is 0 Å². The second kappa shape index (κ2) is 12.2. The second-order valence-corrected chi connectivity index (χ2v) is 9.54. The molecule has 0 aromatic heterocycles. The third kappa shape index (κ3) is 7.10. The Morgan fingerprint density at radius 2 is 2.06 bits per heavy atom. The molecule has 3 N–H and O–H groups in total. The Kier molecular flexibility index (Phi) is 10.2. The number of hydrogen-bond donors (Lipinski definition) is 3. The van der Waals surface area contributed by atoms with Gasteiger partial charge in [0.05, 0.1) is 28.4 Å². The first kappa shape index (κ1) is 28.4. The fourth-order valence-electron chi connectivity index (χ4n) is 2.97. The lowest BCUT2D eigenvalue weighted by Gasteiger charge is -2.29. The van der Waals surface area contributed by atoms with Gasteiger partial charge in [-0.3, -0.25) is 5.43 Å². The molecule has 0 bridgehead atoms. The Balaban J connectivity index is 2.28. The maximum Gasteiger partial charge on any atom is 0.435 e. The van der Waals surface area contributed by atoms with Crippen molar-refractivity contribution in [2.24, 2.45) is 5.16 Å². The van der Waals surface area contributed by atoms with Crippen LogP contribution >= 0.6 is 50.7 Å². The number of aliphatic hydroxyl groups is 1. The van der Waals surface area contributed by atoms with Gasteiger partial charge in [-0.25, -0.2) is 0 Å². The second-order valence-electron chi connectivity index (χ2n) is 7.31. The van der Waals surface area contributed by atoms with Crippen LogP contribution in [0, 0.1) is 0 Å². The van der Waals surface area contributed by atoms with Crippen molar-refractivity contribution in [3.63, 3.8) is 0 Å². The Morgan fingerprint density at radius 3 is 2.65 bits per heavy atom. The maximum atomic E-state index is 14.1. The highest BCUT2D eigenvalue weighted by Gasteiger charge is 2.62. The number of oxime groups is 1. The number of halogens is 7. The molecular formula is C22H22BrCl3F3N3O2. The van der Waals surface area contributed by atoms with Gasteiger partial charge in [-0.2, -0.15) is 13.2 Å². The molecule has 1 aliphatic heterocycles. The van der Waals surface area contributed by atoms with Crippen LogP contribution in [0.1, 0.15) is 31.7 Å². The molecule has 5 nitrogen and oxygen atoms in total. The molecular weight excluding hydrogens is 582 g/mol. The zero-order valence-corrected chi connectivity index (χ0v) is 21.8. The molecule has 0 radical (unpaired) electrons. The average Bonchev–Trinajstić information content (AvgIpc) is 3.21. The highest BCUT2D eigenvalue weighted by atomic mass is 79.9. The van der Waals surface area contributed by atoms with Crippen LogP contribution in [0.2, 0.25) is 5.02 Å². The molecule has 0 spiro atoms. The third-order valence-corrected chi connectivity index (χ3v) is 5.96. The molecule has 1 heterocycles. The molecule has 1 aliphatic rings. The summed E-state index contributed by atoms with van der Waals surface area (Å²) in [6, 6.07) is 4.56. The normalized spacial score (nSPS) is 19.5. The van der Waals surface area contributed by atoms with Crippen molar-refractivity contribution in [3.8, 4) is 0 Å². The van der Waals surface area contributed by atoms with Crippen molar-refractivity contribution in [2.75, 3.05) is 10.8 Å². The van der Waals surface area contributed by atoms with Crippen LogP contribution in [0.25, 0.3) is 0 Å². The van der Waals surface area contributed by atoms with Crippen LogP contribution in [0.15, 0.2) is 69.7 Å². The smallest absolute Gasteiger partial charge is 0.435 e. The van der Waals surface area contributed by atoms with Crippen molar-refractivity contribution in [2.45, 2.75) is 38.0 Å². The van der Waals surface area contributed by atoms with Gasteiger partial charge < -0.3 is 15.4 Å². The van der Waals surface area contributed by atoms with Crippen LogP contribution in [-0.2, 0) is 4.84 Å². The molecule has 0 saturated carbocycles. The van der Waals surface area contributed by atoms with E-state index in [1.807, 2.05) is 0 Å². The van der Waals surface area contributed by atoms with E-state index in [0.29, 0.717) is 33.4 Å². The van der Waals surface area contributed by atoms with E-state index in [-0.39, 0.29) is 10.7 Å². The van der Waals surface area contributed by atoms with E-state index in [9.17, 15) is 18.3 Å². The van der Waals surface area contributed by atoms with Gasteiger partial charge in [-0.05, 0) is 44.1 Å². The van der Waals surface area contributed by atoms with E-state index in [1.165, 1.54) is 31.2 Å². The number of anilines is 1. The minimum atomic E-state index is -4.83. The third-order valence-electron chi connectivity index (χ3n) is 4.75. The van der Waals surface area contributed by atoms with Crippen LogP contribution < -0.4 is 10.9 Å². The van der Waals surface area contributed by atoms with Gasteiger partial charge in [0.15, 0.2) is 0 Å². The number of allylic oxidation sites excluding steroid dienone is 4. The number of aliphatic hydroxyl groups excluding tert-OH is 1. The van der Waals surface area contributed by atoms with Gasteiger partial charge in [-0.1, -0.05) is 68.5 Å². The van der Waals surface area contributed by atoms with Crippen molar-refractivity contribution in [1.82, 2.24) is 5.43 Å². The zero-order chi connectivity index (χ0) is 25.5. The molecule has 12 heteroatoms. The molecule has 1 aromatic carbocycles. The SMILES string of the molecule is C=C(/C=C(Cl)\C=C(/C)Cl)C1(C(F)(F)F)CC(c2ccc(Cl)c(NN/C(=C\O)CCCBr)c2)=NO1. The summed E-state index contributed by atoms with van der Waals surface area (Å²) in [5.74, 6) is 0. The number of nitrogens with one attached hydrogen (secondary N) is 2. The quantitative estimate of drug-likeness (QED) is 0.110. The Morgan fingerprint density at radius 1 is 1.35 bits per heavy atom. The van der Waals surface area contributed by atoms with Crippen molar-refractivity contribution in [3.05, 3.63) is 75.1 Å². The molecule has 0 aliphatic carbocycles. The number of alkyl halides is 4. The van der Waals surface area contributed by atoms with Crippen molar-refractivity contribution >= 4 is 62.1 Å². The first-order chi connectivity index (χ1) is 15.9. The summed E-state index contributed by atoms with van der Waals surface area (Å²) in [5, 5.41) is 14.4. The molecule has 0 saturated heterocycles. The lowest BCUT2D eigenvalue weighted by molar-refractivity contribution is -0.251. The zero-order valence-electron chi connectivity index (χ0n) is 17.9. The van der Waals surface area contributed by atoms with Crippen LogP contribution in [0.5, 0.6) is 0 Å². The predicted octanol–water partition coefficient (Wildman–Crippen LogP) is 8.08. The number of benzene rings is 1. The highest BCUT2D eigenvalue weighted by molar-refractivity contribution is 9.09. The molecule has 1 atom stereocenters. The lowest BCUT2D eigenvalue weighted by atomic mass is 9.86. The van der Waals surface area contributed by atoms with Gasteiger partial charge in [0, 0.05) is 33.0 Å². The topological polar surface area (TPSA) is 65.9 Å². The van der Waals surface area contributed by atoms with E-state index >= 15 is 0 Å². The fourth-order valence-corrected chi connectivity index (χ4v) is 3.89. The minimum Gasteiger partial charge on any atom is -0.514 e. The standard InChI is InChI=1S/C22H22BrCl3F3N3O2/c1-13(8-16(25)9-14(2)24)21(22(27,28)29)11-20(32-34-21)15-5-6-18(26)19(10-15)31-30-17(12-33)4-3-7-23/h5-6,8-10,12,30-31,33H,1,3-4,7,11H2,2H3/b14-9+,16-8+,17-12-. The summed E-state index contributed by atoms with van der Waals surface area (Å²) >= 11 is 21.2. The van der Waals surface area contributed by atoms with E-state index in [1.54, 1.807) is 0 Å². The molecule has 1 unspecified atom stereocenters. The van der Waals surface area contributed by atoms with Gasteiger partial charge in [0.1, 0.15) is 0 Å². The molecule has 34 heavy (non-hydrogen) atoms. The largest absolute Gasteiger partial charge is 0.514 e. The summed E-state index contributed by atoms with van der Waals surface area (Å²) < 4.78 is 42.3. The van der Waals surface area contributed by atoms with Crippen LogP contribution in [0.3, 0.4) is 0 Å². The number of hydrogen-bond acceptors (Lipinski definition) is 5. The van der Waals surface area contributed by atoms with E-state index in [2.05, 4.69) is 38.5 Å². The van der Waals surface area contributed by atoms with Gasteiger partial charge >= 0.3 is 6.18 Å². The first-order valence-corrected chi connectivity index (χ1v) is 12.1. The van der Waals surface area contributed by atoms with E-state index in [0.717, 1.165) is 24.1 Å². The Hall–Kier alpha value is -1.81. The van der Waals surface area contributed by atoms with E-state index in [4.69, 9.17) is 39.6 Å². The predicted molar refractivity (Wildman–Crippen MR) is 136 cm³/mol. The van der Waals surface area contributed by atoms with Gasteiger partial charge in [-0.15, -0.1) is 0 Å². The summed E-state index contributed by atoms with van der Waals surface area (Å²) in [7, 11) is 0. The minimum absolute atomic E-state index is 0.0325. The van der Waals surface area contributed by atoms with Crippen molar-refractivity contribution in [1.29, 1.82) is 0 Å². The lowest BCUT2D eigenvalue weighted by Crippen LogP contribution is -2.46. The number of rotatable bonds is 10. The maximum absolute atomic E-state index is 14.1. The summed E-state index contributed by atoms with van der Waals surface area (Å²) in [6.45, 7) is 5.07. The Bertz CT molecular complexity index is 1040. The average molecular weight is 604 g/mol. The molecule has 186 valence electrons. The molecule has 0 fully saturated rings. The highest BCUT2D eigenvalue weighted by Crippen LogP contribution is 2.46. The first-order valence-electron chi connectivity index (χ1n) is 9.87. The summed E-state index contributed by atoms with van der Waals surface area (Å²) in [5.41, 5.74) is 3.74. The van der Waals surface area contributed by atoms with Crippen LogP contribution in [0.4, 0.5) is 18.9 Å². The number of nitrogens with zero attached hydrogens (tertiary/aromatic N) is 1. The van der Waals surface area contributed by atoms with Crippen molar-refractivity contribution < 1.29 is 23.1 Å². The fraction of sp³-hybridized carbons (Fsp3) is 0.318. The summed E-state index contributed by atoms with van der Waals surface area (Å²) in [4.78, 5) is 4.96. The Labute approximate surface area is 219 Å². The summed E-state index contributed by atoms with van der Waals surface area (Å²) in [6.07, 6.45) is -0.858. The number of hydrazine groups is 1. The monoisotopic (exact) mass is 601 g/mol. The van der Waals surface area contributed by atoms with Gasteiger partial charge in [0.25, 0.3) is 5.60 Å². The van der Waals surface area contributed by atoms with E-state index < -0.39 is 23.8 Å².